The van der Waals surface area contributed by atoms with Crippen molar-refractivity contribution in [2.24, 2.45) is 0 Å². The second kappa shape index (κ2) is 5.80. The normalized spacial score (nSPS) is 19.6. The molecule has 1 aliphatic heterocycles. The van der Waals surface area contributed by atoms with Gasteiger partial charge in [0.25, 0.3) is 0 Å². The zero-order valence-corrected chi connectivity index (χ0v) is 8.51. The number of hydrogen-bond donors (Lipinski definition) is 1. The number of benzene rings is 1. The van der Waals surface area contributed by atoms with Crippen LogP contribution in [0, 0.1) is 0 Å². The Labute approximate surface area is 85.5 Å². The van der Waals surface area contributed by atoms with Gasteiger partial charge < -0.3 is 16.3 Å². The van der Waals surface area contributed by atoms with E-state index < -0.39 is 0 Å². The van der Waals surface area contributed by atoms with Crippen LogP contribution in [0.15, 0.2) is 24.3 Å². The first-order valence-electron chi connectivity index (χ1n) is 4.66. The first-order chi connectivity index (χ1) is 5.86. The Morgan fingerprint density at radius 3 is 2.64 bits per heavy atom. The van der Waals surface area contributed by atoms with Gasteiger partial charge in [-0.05, 0) is 24.9 Å². The van der Waals surface area contributed by atoms with Gasteiger partial charge in [0.2, 0.25) is 0 Å². The molecular weight excluding hydrogens is 177 g/mol. The van der Waals surface area contributed by atoms with Crippen molar-refractivity contribution >= 4 is 13.3 Å². The van der Waals surface area contributed by atoms with Crippen LogP contribution >= 0.6 is 0 Å². The summed E-state index contributed by atoms with van der Waals surface area (Å²) in [6.07, 6.45) is 2.61. The molecule has 1 saturated heterocycles. The van der Waals surface area contributed by atoms with Crippen molar-refractivity contribution in [2.75, 3.05) is 6.54 Å². The molecule has 1 atom stereocenters. The van der Waals surface area contributed by atoms with Gasteiger partial charge in [-0.1, -0.05) is 29.7 Å². The van der Waals surface area contributed by atoms with Crippen molar-refractivity contribution < 1.29 is 11.0 Å². The highest BCUT2D eigenvalue weighted by Crippen LogP contribution is 2.21. The minimum atomic E-state index is 0. The van der Waals surface area contributed by atoms with Crippen molar-refractivity contribution in [3.8, 4) is 0 Å². The van der Waals surface area contributed by atoms with Gasteiger partial charge in [0.1, 0.15) is 7.85 Å². The third-order valence-corrected chi connectivity index (χ3v) is 2.50. The molecule has 1 aromatic carbocycles. The molecule has 3 nitrogen and oxygen atoms in total. The van der Waals surface area contributed by atoms with Crippen LogP contribution in [-0.2, 0) is 0 Å². The summed E-state index contributed by atoms with van der Waals surface area (Å²) in [5, 5.41) is 3.50. The van der Waals surface area contributed by atoms with Gasteiger partial charge in [0.15, 0.2) is 0 Å². The fraction of sp³-hybridized carbons (Fsp3) is 0.400. The van der Waals surface area contributed by atoms with Crippen molar-refractivity contribution in [3.63, 3.8) is 0 Å². The Morgan fingerprint density at radius 2 is 2.07 bits per heavy atom. The maximum absolute atomic E-state index is 3.50. The van der Waals surface area contributed by atoms with Gasteiger partial charge in [-0.25, -0.2) is 0 Å². The van der Waals surface area contributed by atoms with Crippen molar-refractivity contribution in [3.05, 3.63) is 29.8 Å². The summed E-state index contributed by atoms with van der Waals surface area (Å²) in [4.78, 5) is 0. The van der Waals surface area contributed by atoms with E-state index in [0.29, 0.717) is 6.04 Å². The molecule has 78 valence electrons. The minimum Gasteiger partial charge on any atom is -0.412 e. The van der Waals surface area contributed by atoms with Gasteiger partial charge in [0.05, 0.1) is 0 Å². The fourth-order valence-electron chi connectivity index (χ4n) is 1.86. The van der Waals surface area contributed by atoms with Gasteiger partial charge in [-0.3, -0.25) is 0 Å². The van der Waals surface area contributed by atoms with Crippen LogP contribution in [0.3, 0.4) is 0 Å². The lowest BCUT2D eigenvalue weighted by atomic mass is 9.92. The van der Waals surface area contributed by atoms with E-state index in [1.165, 1.54) is 30.4 Å². The summed E-state index contributed by atoms with van der Waals surface area (Å²) in [5.74, 6) is 0. The second-order valence-electron chi connectivity index (χ2n) is 3.56. The first-order valence-corrected chi connectivity index (χ1v) is 4.66. The largest absolute Gasteiger partial charge is 0.412 e. The van der Waals surface area contributed by atoms with E-state index in [-0.39, 0.29) is 11.0 Å². The summed E-state index contributed by atoms with van der Waals surface area (Å²) in [6.45, 7) is 1.18. The quantitative estimate of drug-likeness (QED) is 0.557. The molecule has 1 aromatic rings. The molecule has 5 N–H and O–H groups in total. The summed E-state index contributed by atoms with van der Waals surface area (Å²) < 4.78 is 0. The van der Waals surface area contributed by atoms with Crippen LogP contribution in [0.4, 0.5) is 0 Å². The van der Waals surface area contributed by atoms with Crippen LogP contribution in [0.5, 0.6) is 0 Å². The Morgan fingerprint density at radius 1 is 1.29 bits per heavy atom. The van der Waals surface area contributed by atoms with Crippen molar-refractivity contribution in [2.45, 2.75) is 18.9 Å². The molecule has 1 aliphatic rings. The molecule has 4 heteroatoms. The van der Waals surface area contributed by atoms with Crippen LogP contribution in [0.2, 0.25) is 0 Å². The van der Waals surface area contributed by atoms with Crippen LogP contribution < -0.4 is 10.8 Å². The molecule has 0 radical (unpaired) electrons. The van der Waals surface area contributed by atoms with E-state index in [1.54, 1.807) is 0 Å². The fourth-order valence-corrected chi connectivity index (χ4v) is 1.86. The molecular formula is C10H18BNO2. The van der Waals surface area contributed by atoms with Crippen LogP contribution in [0.1, 0.15) is 24.4 Å². The van der Waals surface area contributed by atoms with Crippen molar-refractivity contribution in [1.29, 1.82) is 0 Å². The molecule has 1 heterocycles. The van der Waals surface area contributed by atoms with Crippen LogP contribution in [-0.4, -0.2) is 25.3 Å². The Bertz CT molecular complexity index is 275. The van der Waals surface area contributed by atoms with Gasteiger partial charge >= 0.3 is 0 Å². The van der Waals surface area contributed by atoms with Gasteiger partial charge in [-0.2, -0.15) is 0 Å². The molecule has 0 aliphatic carbocycles. The lowest BCUT2D eigenvalue weighted by Gasteiger charge is -2.10. The SMILES string of the molecule is Bc1cccc(C2CCCN2)c1.O.O. The van der Waals surface area contributed by atoms with E-state index >= 15 is 0 Å². The van der Waals surface area contributed by atoms with Gasteiger partial charge in [0, 0.05) is 6.04 Å². The predicted molar refractivity (Wildman–Crippen MR) is 61.8 cm³/mol. The summed E-state index contributed by atoms with van der Waals surface area (Å²) in [6, 6.07) is 9.41. The molecule has 0 amide bonds. The zero-order valence-electron chi connectivity index (χ0n) is 8.51. The molecule has 0 spiro atoms. The minimum absolute atomic E-state index is 0. The summed E-state index contributed by atoms with van der Waals surface area (Å²) in [5.41, 5.74) is 2.81. The number of nitrogens with one attached hydrogen (secondary N) is 1. The lowest BCUT2D eigenvalue weighted by molar-refractivity contribution is 0.648. The van der Waals surface area contributed by atoms with Gasteiger partial charge in [-0.15, -0.1) is 0 Å². The standard InChI is InChI=1S/C10H14BN.2H2O/c11-9-4-1-3-8(7-9)10-5-2-6-12-10;;/h1,3-4,7,10,12H,2,5-6,11H2;2*1H2. The van der Waals surface area contributed by atoms with E-state index in [1.807, 2.05) is 0 Å². The third-order valence-electron chi connectivity index (χ3n) is 2.50. The zero-order chi connectivity index (χ0) is 8.39. The molecule has 0 aromatic heterocycles. The molecule has 14 heavy (non-hydrogen) atoms. The smallest absolute Gasteiger partial charge is 0.139 e. The number of rotatable bonds is 1. The van der Waals surface area contributed by atoms with E-state index in [2.05, 4.69) is 37.4 Å². The average Bonchev–Trinajstić information content (AvgIpc) is 2.56. The second-order valence-corrected chi connectivity index (χ2v) is 3.56. The van der Waals surface area contributed by atoms with E-state index in [4.69, 9.17) is 0 Å². The molecule has 1 fully saturated rings. The lowest BCUT2D eigenvalue weighted by Crippen LogP contribution is -2.14. The summed E-state index contributed by atoms with van der Waals surface area (Å²) in [7, 11) is 2.15. The van der Waals surface area contributed by atoms with E-state index in [9.17, 15) is 0 Å². The third kappa shape index (κ3) is 2.84. The molecule has 0 bridgehead atoms. The molecule has 0 saturated carbocycles. The highest BCUT2D eigenvalue weighted by atomic mass is 16.0. The molecule has 2 rings (SSSR count). The highest BCUT2D eigenvalue weighted by Gasteiger charge is 2.15. The average molecular weight is 195 g/mol. The van der Waals surface area contributed by atoms with Crippen LogP contribution in [0.25, 0.3) is 0 Å². The summed E-state index contributed by atoms with van der Waals surface area (Å²) >= 11 is 0. The Kier molecular flexibility index (Phi) is 5.46. The Balaban J connectivity index is 0.000000845. The highest BCUT2D eigenvalue weighted by molar-refractivity contribution is 6.32. The maximum Gasteiger partial charge on any atom is 0.139 e. The monoisotopic (exact) mass is 195 g/mol. The maximum atomic E-state index is 3.50. The molecule has 1 unspecified atom stereocenters. The topological polar surface area (TPSA) is 75.0 Å². The van der Waals surface area contributed by atoms with E-state index in [0.717, 1.165) is 0 Å². The first kappa shape index (κ1) is 13.2. The predicted octanol–water partition coefficient (Wildman–Crippen LogP) is -1.28. The van der Waals surface area contributed by atoms with Crippen molar-refractivity contribution in [1.82, 2.24) is 5.32 Å². The Hall–Kier alpha value is -0.835. The number of hydrogen-bond acceptors (Lipinski definition) is 1.